The Bertz CT molecular complexity index is 6210. The highest BCUT2D eigenvalue weighted by Crippen LogP contribution is 2.31. The number of fused-ring (bicyclic) bond motifs is 4. The summed E-state index contributed by atoms with van der Waals surface area (Å²) in [6.45, 7) is 23.9. The van der Waals surface area contributed by atoms with E-state index in [2.05, 4.69) is 104 Å². The Kier molecular flexibility index (Phi) is 27.2. The van der Waals surface area contributed by atoms with Crippen LogP contribution in [0.1, 0.15) is 148 Å². The van der Waals surface area contributed by atoms with Crippen molar-refractivity contribution in [2.75, 3.05) is 63.8 Å². The average Bonchev–Trinajstić information content (AvgIpc) is 1.29. The maximum absolute atomic E-state index is 12.7. The Morgan fingerprint density at radius 3 is 1.03 bits per heavy atom. The summed E-state index contributed by atoms with van der Waals surface area (Å²) < 4.78 is 21.0. The van der Waals surface area contributed by atoms with Crippen molar-refractivity contribution in [1.82, 2.24) is 40.6 Å². The number of benzene rings is 8. The topological polar surface area (TPSA) is 437 Å². The number of para-hydroxylation sites is 1. The summed E-state index contributed by atoms with van der Waals surface area (Å²) in [6, 6.07) is 69.5. The molecule has 0 aliphatic heterocycles. The van der Waals surface area contributed by atoms with E-state index < -0.39 is 24.1 Å². The fraction of sp³-hybridized carbons (Fsp3) is 0.167. The van der Waals surface area contributed by atoms with E-state index in [1.54, 1.807) is 183 Å². The first-order valence-corrected chi connectivity index (χ1v) is 40.4. The lowest BCUT2D eigenvalue weighted by atomic mass is 9.93. The van der Waals surface area contributed by atoms with E-state index in [0.29, 0.717) is 125 Å². The molecule has 0 saturated carbocycles. The van der Waals surface area contributed by atoms with Gasteiger partial charge in [-0.1, -0.05) is 177 Å². The van der Waals surface area contributed by atoms with Crippen molar-refractivity contribution in [3.05, 3.63) is 313 Å². The molecule has 0 saturated heterocycles. The fourth-order valence-electron chi connectivity index (χ4n) is 12.1. The number of nitrogens with zero attached hydrogens (tertiary/aromatic N) is 8. The second-order valence-electron chi connectivity index (χ2n) is 33.4. The van der Waals surface area contributed by atoms with Crippen LogP contribution in [0.3, 0.4) is 0 Å². The molecule has 0 bridgehead atoms. The van der Waals surface area contributed by atoms with Gasteiger partial charge < -0.3 is 60.6 Å². The Balaban J connectivity index is 0.000000146. The van der Waals surface area contributed by atoms with E-state index in [-0.39, 0.29) is 45.3 Å². The molecule has 0 unspecified atom stereocenters. The van der Waals surface area contributed by atoms with E-state index in [1.807, 2.05) is 168 Å². The summed E-state index contributed by atoms with van der Waals surface area (Å²) in [5.74, 6) is 2.94. The van der Waals surface area contributed by atoms with Gasteiger partial charge in [-0.25, -0.2) is 24.2 Å². The lowest BCUT2D eigenvalue weighted by Crippen LogP contribution is -2.19. The second-order valence-corrected chi connectivity index (χ2v) is 33.4. The molecule has 12 amide bonds. The largest absolute Gasteiger partial charge is 0.359 e. The zero-order valence-corrected chi connectivity index (χ0v) is 71.9. The SMILES string of the molecule is CC(C)(C)c1cc(NC(=O)Nc2ccc(NC(=O)c3cc4ccccc4cn3)cc2)no1.CC(C)(C)c1cc(NC(=O)Nc2ccc(NC(=O)c3ccc4ccccc4c3)cc2)no1.CC(C)(C)c1cc(NC(=O)Nc2ccc(NC(=O)c3ccc4cnccc4n3)cc2)no1.CC(C)(C)c1cc(NC(=O)Nc2ccc(NC(=O)c3cccc4cccnc34)cc2)no1. The molecule has 8 aromatic heterocycles. The molecule has 648 valence electrons. The Hall–Kier alpha value is -16.8. The molecule has 16 rings (SSSR count). The molecule has 0 spiro atoms. The van der Waals surface area contributed by atoms with Gasteiger partial charge in [-0.3, -0.25) is 55.4 Å². The number of rotatable bonds is 16. The van der Waals surface area contributed by atoms with Crippen molar-refractivity contribution in [1.29, 1.82) is 0 Å². The van der Waals surface area contributed by atoms with E-state index in [9.17, 15) is 38.4 Å². The molecule has 0 atom stereocenters. The number of nitrogens with one attached hydrogen (secondary N) is 12. The first kappa shape index (κ1) is 89.0. The number of amides is 12. The minimum atomic E-state index is -0.453. The van der Waals surface area contributed by atoms with Crippen molar-refractivity contribution < 1.29 is 56.4 Å². The van der Waals surface area contributed by atoms with E-state index in [4.69, 9.17) is 18.1 Å². The number of hydrogen-bond acceptors (Lipinski definition) is 20. The fourth-order valence-corrected chi connectivity index (χ4v) is 12.1. The number of hydrogen-bond donors (Lipinski definition) is 12. The van der Waals surface area contributed by atoms with E-state index in [1.165, 1.54) is 0 Å². The smallest absolute Gasteiger partial charge is 0.324 e. The zero-order valence-electron chi connectivity index (χ0n) is 71.9. The third-order valence-corrected chi connectivity index (χ3v) is 19.0. The highest BCUT2D eigenvalue weighted by molar-refractivity contribution is 6.13. The van der Waals surface area contributed by atoms with Gasteiger partial charge in [0.1, 0.15) is 34.4 Å². The van der Waals surface area contributed by atoms with Crippen LogP contribution in [-0.4, -0.2) is 88.3 Å². The van der Waals surface area contributed by atoms with Gasteiger partial charge >= 0.3 is 24.1 Å². The first-order valence-electron chi connectivity index (χ1n) is 40.4. The molecule has 8 heterocycles. The molecular formula is C96H92N20O12. The normalized spacial score (nSPS) is 11.2. The maximum atomic E-state index is 12.7. The Morgan fingerprint density at radius 1 is 0.266 bits per heavy atom. The monoisotopic (exact) mass is 1720 g/mol. The summed E-state index contributed by atoms with van der Waals surface area (Å²) in [6.07, 6.45) is 6.66. The minimum absolute atomic E-state index is 0.198. The zero-order chi connectivity index (χ0) is 90.9. The van der Waals surface area contributed by atoms with Crippen molar-refractivity contribution in [2.45, 2.75) is 105 Å². The van der Waals surface area contributed by atoms with Crippen LogP contribution >= 0.6 is 0 Å². The lowest BCUT2D eigenvalue weighted by Gasteiger charge is -2.12. The molecule has 32 nitrogen and oxygen atoms in total. The summed E-state index contributed by atoms with van der Waals surface area (Å²) >= 11 is 0. The molecule has 128 heavy (non-hydrogen) atoms. The molecule has 12 N–H and O–H groups in total. The summed E-state index contributed by atoms with van der Waals surface area (Å²) in [4.78, 5) is 116. The van der Waals surface area contributed by atoms with Crippen LogP contribution in [0.4, 0.5) is 87.9 Å². The molecule has 8 aromatic carbocycles. The summed E-state index contributed by atoms with van der Waals surface area (Å²) in [7, 11) is 0. The molecule has 0 fully saturated rings. The number of pyridine rings is 4. The first-order chi connectivity index (χ1) is 61.1. The molecule has 0 radical (unpaired) electrons. The van der Waals surface area contributed by atoms with Crippen molar-refractivity contribution in [2.24, 2.45) is 0 Å². The van der Waals surface area contributed by atoms with Gasteiger partial charge in [-0.2, -0.15) is 0 Å². The van der Waals surface area contributed by atoms with Crippen LogP contribution in [0.2, 0.25) is 0 Å². The lowest BCUT2D eigenvalue weighted by molar-refractivity contribution is 0.101. The van der Waals surface area contributed by atoms with Crippen LogP contribution in [0.25, 0.3) is 43.4 Å². The minimum Gasteiger partial charge on any atom is -0.359 e. The predicted molar refractivity (Wildman–Crippen MR) is 496 cm³/mol. The summed E-state index contributed by atoms with van der Waals surface area (Å²) in [5.41, 5.74) is 6.85. The molecule has 0 aliphatic rings. The van der Waals surface area contributed by atoms with Crippen molar-refractivity contribution in [3.8, 4) is 0 Å². The molecule has 0 aliphatic carbocycles. The molecular weight excluding hydrogens is 1630 g/mol. The number of carbonyl (C=O) groups is 8. The number of anilines is 12. The van der Waals surface area contributed by atoms with Crippen LogP contribution < -0.4 is 63.8 Å². The molecule has 32 heteroatoms. The number of carbonyl (C=O) groups excluding carboxylic acids is 8. The van der Waals surface area contributed by atoms with Crippen LogP contribution in [0.5, 0.6) is 0 Å². The molecule has 16 aromatic rings. The third kappa shape index (κ3) is 24.5. The van der Waals surface area contributed by atoms with Crippen molar-refractivity contribution >= 4 is 160 Å². The highest BCUT2D eigenvalue weighted by Gasteiger charge is 2.26. The summed E-state index contributed by atoms with van der Waals surface area (Å²) in [5, 5.41) is 53.9. The Labute approximate surface area is 734 Å². The van der Waals surface area contributed by atoms with Crippen LogP contribution in [0, 0.1) is 0 Å². The maximum Gasteiger partial charge on any atom is 0.324 e. The van der Waals surface area contributed by atoms with Gasteiger partial charge in [0.25, 0.3) is 23.6 Å². The number of urea groups is 4. The quantitative estimate of drug-likeness (QED) is 0.0427. The van der Waals surface area contributed by atoms with Crippen LogP contribution in [-0.2, 0) is 21.7 Å². The standard InChI is InChI=1S/C25H24N4O3.2C24H23N5O3.C23H22N6O3/c1-25(2,3)21-15-22(29-32-21)28-24(31)27-20-12-10-19(11-13-20)26-23(30)18-9-8-16-6-4-5-7-17(16)14-18;1-24(2,3)19-14-20(29-32-19)28-23(31)27-17-11-9-16(10-12-17)26-22(30)18-8-4-6-15-7-5-13-25-21(15)18;1-24(2,3)20-13-21(29-32-20)28-23(31)27-18-10-8-17(9-11-18)26-22(30)19-12-15-6-4-5-7-16(15)14-25-19;1-23(2,3)19-12-20(29-32-19)28-22(31)26-16-7-5-15(6-8-16)25-21(30)18-9-4-14-13-24-11-10-17(14)27-18/h4-15H,1-3H3,(H,26,30)(H2,27,28,29,31);2*4-14H,1-3H3,(H,26,30)(H2,27,28,29,31);4-13H,1-3H3,(H,25,30)(H2,26,28,29,31). The Morgan fingerprint density at radius 2 is 0.617 bits per heavy atom. The average molecular weight is 1720 g/mol. The van der Waals surface area contributed by atoms with Gasteiger partial charge in [-0.15, -0.1) is 0 Å². The predicted octanol–water partition coefficient (Wildman–Crippen LogP) is 21.7. The van der Waals surface area contributed by atoms with Crippen LogP contribution in [0.15, 0.2) is 286 Å². The van der Waals surface area contributed by atoms with Gasteiger partial charge in [0.2, 0.25) is 0 Å². The van der Waals surface area contributed by atoms with Gasteiger partial charge in [0.05, 0.1) is 16.6 Å². The van der Waals surface area contributed by atoms with Gasteiger partial charge in [0, 0.05) is 138 Å². The van der Waals surface area contributed by atoms with Gasteiger partial charge in [-0.05, 0) is 162 Å². The highest BCUT2D eigenvalue weighted by atomic mass is 16.5. The number of aromatic nitrogens is 8. The van der Waals surface area contributed by atoms with E-state index >= 15 is 0 Å². The second kappa shape index (κ2) is 39.2. The van der Waals surface area contributed by atoms with E-state index in [0.717, 1.165) is 32.3 Å². The third-order valence-electron chi connectivity index (χ3n) is 19.0. The van der Waals surface area contributed by atoms with Crippen molar-refractivity contribution in [3.63, 3.8) is 0 Å². The van der Waals surface area contributed by atoms with Gasteiger partial charge in [0.15, 0.2) is 23.3 Å².